The lowest BCUT2D eigenvalue weighted by atomic mass is 9.83. The van der Waals surface area contributed by atoms with Crippen LogP contribution in [-0.4, -0.2) is 21.8 Å². The van der Waals surface area contributed by atoms with Crippen molar-refractivity contribution in [1.29, 1.82) is 0 Å². The summed E-state index contributed by atoms with van der Waals surface area (Å²) in [6.45, 7) is 4.87. The highest BCUT2D eigenvalue weighted by molar-refractivity contribution is 6.28. The van der Waals surface area contributed by atoms with Gasteiger partial charge in [-0.1, -0.05) is 24.8 Å². The van der Waals surface area contributed by atoms with Crippen LogP contribution in [0.5, 0.6) is 5.75 Å². The third-order valence-electron chi connectivity index (χ3n) is 2.99. The molecule has 0 amide bonds. The van der Waals surface area contributed by atoms with Gasteiger partial charge in [0.05, 0.1) is 11.1 Å². The highest BCUT2D eigenvalue weighted by Crippen LogP contribution is 2.33. The van der Waals surface area contributed by atoms with Gasteiger partial charge in [-0.15, -0.1) is 0 Å². The second-order valence-electron chi connectivity index (χ2n) is 4.15. The number of Topliss-reactive ketones (excluding diaryl/α,β-unsaturated/α-hetero) is 2. The SMILES string of the molecule is C=C/C=C(/O)C1=C(C)C(=O)c2c(O)cccc2C1=O. The fourth-order valence-electron chi connectivity index (χ4n) is 2.08. The number of benzene rings is 1. The molecule has 2 rings (SSSR count). The number of hydrogen-bond acceptors (Lipinski definition) is 4. The first kappa shape index (κ1) is 12.8. The molecule has 0 heterocycles. The molecule has 0 fully saturated rings. The minimum absolute atomic E-state index is 0.0137. The monoisotopic (exact) mass is 256 g/mol. The van der Waals surface area contributed by atoms with Gasteiger partial charge in [0.2, 0.25) is 0 Å². The Balaban J connectivity index is 2.73. The molecule has 0 spiro atoms. The lowest BCUT2D eigenvalue weighted by molar-refractivity contribution is 0.0969. The number of aromatic hydroxyl groups is 1. The van der Waals surface area contributed by atoms with Gasteiger partial charge in [-0.3, -0.25) is 9.59 Å². The number of hydrogen-bond donors (Lipinski definition) is 2. The van der Waals surface area contributed by atoms with E-state index in [1.165, 1.54) is 37.3 Å². The number of allylic oxidation sites excluding steroid dienone is 4. The van der Waals surface area contributed by atoms with E-state index in [1.807, 2.05) is 0 Å². The summed E-state index contributed by atoms with van der Waals surface area (Å²) in [6.07, 6.45) is 2.57. The molecule has 0 atom stereocenters. The number of fused-ring (bicyclic) bond motifs is 1. The molecule has 1 aromatic carbocycles. The van der Waals surface area contributed by atoms with Gasteiger partial charge in [0.25, 0.3) is 0 Å². The first-order chi connectivity index (χ1) is 8.99. The molecule has 4 nitrogen and oxygen atoms in total. The van der Waals surface area contributed by atoms with Gasteiger partial charge in [0.15, 0.2) is 11.6 Å². The number of aliphatic hydroxyl groups excluding tert-OH is 1. The van der Waals surface area contributed by atoms with Crippen LogP contribution in [-0.2, 0) is 0 Å². The van der Waals surface area contributed by atoms with Gasteiger partial charge in [-0.25, -0.2) is 0 Å². The van der Waals surface area contributed by atoms with Crippen LogP contribution in [0, 0.1) is 0 Å². The van der Waals surface area contributed by atoms with Crippen molar-refractivity contribution in [3.05, 3.63) is 65.0 Å². The Hall–Kier alpha value is -2.62. The summed E-state index contributed by atoms with van der Waals surface area (Å²) in [7, 11) is 0. The van der Waals surface area contributed by atoms with E-state index < -0.39 is 11.6 Å². The minimum Gasteiger partial charge on any atom is -0.507 e. The zero-order valence-electron chi connectivity index (χ0n) is 10.3. The molecule has 1 aliphatic carbocycles. The summed E-state index contributed by atoms with van der Waals surface area (Å²) in [5, 5.41) is 19.5. The summed E-state index contributed by atoms with van der Waals surface area (Å²) < 4.78 is 0. The third-order valence-corrected chi connectivity index (χ3v) is 2.99. The van der Waals surface area contributed by atoms with Crippen molar-refractivity contribution in [3.8, 4) is 5.75 Å². The summed E-state index contributed by atoms with van der Waals surface area (Å²) in [5.41, 5.74) is 0.132. The van der Waals surface area contributed by atoms with Gasteiger partial charge in [0.1, 0.15) is 11.5 Å². The number of carbonyl (C=O) groups is 2. The van der Waals surface area contributed by atoms with Crippen molar-refractivity contribution < 1.29 is 19.8 Å². The van der Waals surface area contributed by atoms with Crippen LogP contribution in [0.15, 0.2) is 53.8 Å². The molecule has 96 valence electrons. The van der Waals surface area contributed by atoms with E-state index in [1.54, 1.807) is 0 Å². The molecule has 0 radical (unpaired) electrons. The molecule has 0 aromatic heterocycles. The molecular formula is C15H12O4. The van der Waals surface area contributed by atoms with E-state index in [-0.39, 0.29) is 33.8 Å². The van der Waals surface area contributed by atoms with E-state index in [0.29, 0.717) is 0 Å². The van der Waals surface area contributed by atoms with Crippen molar-refractivity contribution in [2.75, 3.05) is 0 Å². The molecule has 0 saturated heterocycles. The number of ketones is 2. The van der Waals surface area contributed by atoms with Gasteiger partial charge in [0, 0.05) is 11.1 Å². The quantitative estimate of drug-likeness (QED) is 0.630. The summed E-state index contributed by atoms with van der Waals surface area (Å²) >= 11 is 0. The maximum absolute atomic E-state index is 12.3. The molecule has 1 aromatic rings. The normalized spacial score (nSPS) is 15.5. The fraction of sp³-hybridized carbons (Fsp3) is 0.0667. The maximum Gasteiger partial charge on any atom is 0.198 e. The molecular weight excluding hydrogens is 244 g/mol. The highest BCUT2D eigenvalue weighted by atomic mass is 16.3. The zero-order valence-corrected chi connectivity index (χ0v) is 10.3. The Morgan fingerprint density at radius 1 is 1.26 bits per heavy atom. The number of phenols is 1. The van der Waals surface area contributed by atoms with Crippen LogP contribution < -0.4 is 0 Å². The van der Waals surface area contributed by atoms with Crippen molar-refractivity contribution in [2.45, 2.75) is 6.92 Å². The molecule has 19 heavy (non-hydrogen) atoms. The van der Waals surface area contributed by atoms with Gasteiger partial charge in [-0.05, 0) is 19.1 Å². The maximum atomic E-state index is 12.3. The van der Waals surface area contributed by atoms with Gasteiger partial charge in [-0.2, -0.15) is 0 Å². The number of phenolic OH excluding ortho intramolecular Hbond substituents is 1. The van der Waals surface area contributed by atoms with Crippen LogP contribution in [0.1, 0.15) is 27.6 Å². The predicted molar refractivity (Wildman–Crippen MR) is 70.4 cm³/mol. The van der Waals surface area contributed by atoms with E-state index in [2.05, 4.69) is 6.58 Å². The van der Waals surface area contributed by atoms with E-state index >= 15 is 0 Å². The van der Waals surface area contributed by atoms with Crippen LogP contribution in [0.2, 0.25) is 0 Å². The topological polar surface area (TPSA) is 74.6 Å². The summed E-state index contributed by atoms with van der Waals surface area (Å²) in [5.74, 6) is -1.49. The van der Waals surface area contributed by atoms with Crippen molar-refractivity contribution in [1.82, 2.24) is 0 Å². The number of rotatable bonds is 2. The Kier molecular flexibility index (Phi) is 3.09. The molecule has 0 unspecified atom stereocenters. The first-order valence-corrected chi connectivity index (χ1v) is 5.63. The van der Waals surface area contributed by atoms with Crippen LogP contribution >= 0.6 is 0 Å². The van der Waals surface area contributed by atoms with E-state index in [9.17, 15) is 19.8 Å². The summed E-state index contributed by atoms with van der Waals surface area (Å²) in [4.78, 5) is 24.5. The highest BCUT2D eigenvalue weighted by Gasteiger charge is 2.33. The van der Waals surface area contributed by atoms with Gasteiger partial charge >= 0.3 is 0 Å². The van der Waals surface area contributed by atoms with Crippen LogP contribution in [0.4, 0.5) is 0 Å². The Morgan fingerprint density at radius 3 is 2.58 bits per heavy atom. The fourth-order valence-corrected chi connectivity index (χ4v) is 2.08. The zero-order chi connectivity index (χ0) is 14.2. The van der Waals surface area contributed by atoms with Crippen LogP contribution in [0.25, 0.3) is 0 Å². The van der Waals surface area contributed by atoms with Crippen LogP contribution in [0.3, 0.4) is 0 Å². The lowest BCUT2D eigenvalue weighted by Gasteiger charge is -2.19. The minimum atomic E-state index is -0.487. The molecule has 0 saturated carbocycles. The molecule has 0 aliphatic heterocycles. The average Bonchev–Trinajstić information content (AvgIpc) is 2.36. The number of aliphatic hydroxyl groups is 1. The second kappa shape index (κ2) is 4.57. The molecule has 4 heteroatoms. The standard InChI is InChI=1S/C15H12O4/c1-3-5-10(16)12-8(2)14(18)13-9(15(12)19)6-4-7-11(13)17/h3-7,16-17H,1H2,2H3/b10-5+. The molecule has 1 aliphatic rings. The Bertz CT molecular complexity index is 663. The lowest BCUT2D eigenvalue weighted by Crippen LogP contribution is -2.22. The van der Waals surface area contributed by atoms with Crippen molar-refractivity contribution in [2.24, 2.45) is 0 Å². The molecule has 2 N–H and O–H groups in total. The summed E-state index contributed by atoms with van der Waals surface area (Å²) in [6, 6.07) is 4.27. The first-order valence-electron chi connectivity index (χ1n) is 5.63. The Labute approximate surface area is 110 Å². The Morgan fingerprint density at radius 2 is 1.95 bits per heavy atom. The van der Waals surface area contributed by atoms with Crippen molar-refractivity contribution >= 4 is 11.6 Å². The average molecular weight is 256 g/mol. The van der Waals surface area contributed by atoms with E-state index in [4.69, 9.17) is 0 Å². The molecule has 0 bridgehead atoms. The van der Waals surface area contributed by atoms with E-state index in [0.717, 1.165) is 0 Å². The predicted octanol–water partition coefficient (Wildman–Crippen LogP) is 2.72. The largest absolute Gasteiger partial charge is 0.507 e. The number of carbonyl (C=O) groups excluding carboxylic acids is 2. The second-order valence-corrected chi connectivity index (χ2v) is 4.15. The smallest absolute Gasteiger partial charge is 0.198 e. The third kappa shape index (κ3) is 1.87. The van der Waals surface area contributed by atoms with Gasteiger partial charge < -0.3 is 10.2 Å². The van der Waals surface area contributed by atoms with Crippen molar-refractivity contribution in [3.63, 3.8) is 0 Å².